The molecule has 0 radical (unpaired) electrons. The van der Waals surface area contributed by atoms with E-state index in [9.17, 15) is 4.79 Å². The van der Waals surface area contributed by atoms with E-state index in [-0.39, 0.29) is 5.91 Å². The topological polar surface area (TPSA) is 54.0 Å². The number of nitrogens with zero attached hydrogens (tertiary/aromatic N) is 1. The third-order valence-corrected chi connectivity index (χ3v) is 4.86. The fourth-order valence-corrected chi connectivity index (χ4v) is 3.79. The van der Waals surface area contributed by atoms with E-state index in [0.717, 1.165) is 37.5 Å². The molecular weight excluding hydrogens is 246 g/mol. The Morgan fingerprint density at radius 1 is 1.50 bits per heavy atom. The first kappa shape index (κ1) is 12.1. The molecule has 18 heavy (non-hydrogen) atoms. The van der Waals surface area contributed by atoms with Crippen LogP contribution in [0, 0.1) is 5.92 Å². The van der Waals surface area contributed by atoms with Gasteiger partial charge in [-0.05, 0) is 51.1 Å². The van der Waals surface area contributed by atoms with Gasteiger partial charge < -0.3 is 10.6 Å². The minimum Gasteiger partial charge on any atom is -0.316 e. The van der Waals surface area contributed by atoms with Crippen LogP contribution in [0.15, 0.2) is 0 Å². The number of hydrogen-bond acceptors (Lipinski definition) is 4. The van der Waals surface area contributed by atoms with Crippen LogP contribution < -0.4 is 10.6 Å². The third-order valence-electron chi connectivity index (χ3n) is 3.78. The zero-order valence-corrected chi connectivity index (χ0v) is 11.3. The summed E-state index contributed by atoms with van der Waals surface area (Å²) in [4.78, 5) is 17.7. The van der Waals surface area contributed by atoms with E-state index in [1.54, 1.807) is 11.3 Å². The summed E-state index contributed by atoms with van der Waals surface area (Å²) in [5.41, 5.74) is 1.20. The summed E-state index contributed by atoms with van der Waals surface area (Å²) in [5.74, 6) is 0.798. The lowest BCUT2D eigenvalue weighted by Crippen LogP contribution is -2.14. The summed E-state index contributed by atoms with van der Waals surface area (Å²) >= 11 is 1.65. The van der Waals surface area contributed by atoms with Crippen LogP contribution in [0.5, 0.6) is 0 Å². The second-order valence-corrected chi connectivity index (χ2v) is 6.27. The molecule has 2 N–H and O–H groups in total. The number of anilines is 1. The summed E-state index contributed by atoms with van der Waals surface area (Å²) in [5, 5.41) is 7.07. The quantitative estimate of drug-likeness (QED) is 0.875. The first-order valence-corrected chi connectivity index (χ1v) is 7.62. The highest BCUT2D eigenvalue weighted by Gasteiger charge is 2.19. The van der Waals surface area contributed by atoms with Gasteiger partial charge in [0.05, 0.1) is 5.69 Å². The Hall–Kier alpha value is -0.940. The van der Waals surface area contributed by atoms with Crippen molar-refractivity contribution in [2.45, 2.75) is 38.5 Å². The minimum absolute atomic E-state index is 0.120. The van der Waals surface area contributed by atoms with Crippen LogP contribution in [0.2, 0.25) is 0 Å². The van der Waals surface area contributed by atoms with Gasteiger partial charge in [-0.25, -0.2) is 4.98 Å². The molecule has 5 heteroatoms. The number of carbonyl (C=O) groups excluding carboxylic acids is 1. The maximum absolute atomic E-state index is 11.8. The molecule has 2 aliphatic rings. The average Bonchev–Trinajstić information content (AvgIpc) is 3.01. The molecule has 1 saturated heterocycles. The molecule has 1 unspecified atom stereocenters. The normalized spacial score (nSPS) is 22.1. The first-order valence-electron chi connectivity index (χ1n) is 6.80. The molecule has 1 aromatic heterocycles. The van der Waals surface area contributed by atoms with E-state index in [4.69, 9.17) is 0 Å². The highest BCUT2D eigenvalue weighted by Crippen LogP contribution is 2.30. The molecule has 0 aromatic carbocycles. The smallest absolute Gasteiger partial charge is 0.226 e. The molecule has 0 spiro atoms. The molecule has 1 amide bonds. The van der Waals surface area contributed by atoms with Crippen molar-refractivity contribution in [3.63, 3.8) is 0 Å². The highest BCUT2D eigenvalue weighted by atomic mass is 32.1. The number of nitrogens with one attached hydrogen (secondary N) is 2. The number of hydrogen-bond donors (Lipinski definition) is 2. The third kappa shape index (κ3) is 2.72. The van der Waals surface area contributed by atoms with Crippen molar-refractivity contribution in [2.75, 3.05) is 18.4 Å². The van der Waals surface area contributed by atoms with Gasteiger partial charge in [0.2, 0.25) is 5.91 Å². The van der Waals surface area contributed by atoms with Crippen molar-refractivity contribution in [1.82, 2.24) is 10.3 Å². The average molecular weight is 265 g/mol. The molecule has 1 atom stereocenters. The number of aromatic nitrogens is 1. The van der Waals surface area contributed by atoms with Crippen LogP contribution >= 0.6 is 11.3 Å². The van der Waals surface area contributed by atoms with Crippen molar-refractivity contribution in [2.24, 2.45) is 5.92 Å². The predicted molar refractivity (Wildman–Crippen MR) is 73.0 cm³/mol. The Balaban J connectivity index is 1.47. The summed E-state index contributed by atoms with van der Waals surface area (Å²) < 4.78 is 0. The van der Waals surface area contributed by atoms with Crippen LogP contribution in [0.4, 0.5) is 5.13 Å². The Morgan fingerprint density at radius 2 is 2.44 bits per heavy atom. The zero-order valence-electron chi connectivity index (χ0n) is 10.5. The molecule has 1 aromatic rings. The Bertz CT molecular complexity index is 416. The minimum atomic E-state index is 0.120. The molecule has 98 valence electrons. The van der Waals surface area contributed by atoms with Gasteiger partial charge in [0.15, 0.2) is 5.13 Å². The molecule has 3 rings (SSSR count). The number of fused-ring (bicyclic) bond motifs is 1. The van der Waals surface area contributed by atoms with Crippen molar-refractivity contribution >= 4 is 22.4 Å². The number of aryl methyl sites for hydroxylation is 2. The SMILES string of the molecule is O=C(CCC1CCNC1)Nc1nc2c(s1)CCC2. The molecule has 2 heterocycles. The molecule has 0 saturated carbocycles. The van der Waals surface area contributed by atoms with Gasteiger partial charge in [0.25, 0.3) is 0 Å². The second-order valence-electron chi connectivity index (χ2n) is 5.19. The number of thiazole rings is 1. The van der Waals surface area contributed by atoms with Gasteiger partial charge in [-0.1, -0.05) is 0 Å². The lowest BCUT2D eigenvalue weighted by Gasteiger charge is -2.07. The van der Waals surface area contributed by atoms with Gasteiger partial charge in [-0.2, -0.15) is 0 Å². The lowest BCUT2D eigenvalue weighted by molar-refractivity contribution is -0.116. The van der Waals surface area contributed by atoms with Crippen LogP contribution in [-0.4, -0.2) is 24.0 Å². The molecule has 1 fully saturated rings. The maximum atomic E-state index is 11.8. The molecular formula is C13H19N3OS. The number of carbonyl (C=O) groups is 1. The van der Waals surface area contributed by atoms with E-state index >= 15 is 0 Å². The van der Waals surface area contributed by atoms with E-state index in [2.05, 4.69) is 15.6 Å². The molecule has 0 bridgehead atoms. The number of rotatable bonds is 4. The van der Waals surface area contributed by atoms with Gasteiger partial charge in [-0.3, -0.25) is 4.79 Å². The summed E-state index contributed by atoms with van der Waals surface area (Å²) in [6, 6.07) is 0. The van der Waals surface area contributed by atoms with Gasteiger partial charge >= 0.3 is 0 Å². The van der Waals surface area contributed by atoms with Crippen LogP contribution in [0.3, 0.4) is 0 Å². The summed E-state index contributed by atoms with van der Waals surface area (Å²) in [7, 11) is 0. The van der Waals surface area contributed by atoms with Gasteiger partial charge in [0.1, 0.15) is 0 Å². The maximum Gasteiger partial charge on any atom is 0.226 e. The van der Waals surface area contributed by atoms with Crippen molar-refractivity contribution in [3.05, 3.63) is 10.6 Å². The van der Waals surface area contributed by atoms with Crippen molar-refractivity contribution in [3.8, 4) is 0 Å². The van der Waals surface area contributed by atoms with E-state index < -0.39 is 0 Å². The standard InChI is InChI=1S/C13H19N3OS/c17-12(5-4-9-6-7-14-8-9)16-13-15-10-2-1-3-11(10)18-13/h9,14H,1-8H2,(H,15,16,17). The Labute approximate surface area is 111 Å². The Morgan fingerprint density at radius 3 is 3.22 bits per heavy atom. The lowest BCUT2D eigenvalue weighted by atomic mass is 10.0. The first-order chi connectivity index (χ1) is 8.81. The van der Waals surface area contributed by atoms with Crippen molar-refractivity contribution in [1.29, 1.82) is 0 Å². The van der Waals surface area contributed by atoms with Crippen LogP contribution in [-0.2, 0) is 17.6 Å². The van der Waals surface area contributed by atoms with E-state index in [0.29, 0.717) is 12.3 Å². The van der Waals surface area contributed by atoms with E-state index in [1.807, 2.05) is 0 Å². The fraction of sp³-hybridized carbons (Fsp3) is 0.692. The van der Waals surface area contributed by atoms with Crippen LogP contribution in [0.25, 0.3) is 0 Å². The molecule has 1 aliphatic carbocycles. The Kier molecular flexibility index (Phi) is 3.61. The molecule has 4 nitrogen and oxygen atoms in total. The summed E-state index contributed by atoms with van der Waals surface area (Å²) in [6.45, 7) is 2.17. The highest BCUT2D eigenvalue weighted by molar-refractivity contribution is 7.15. The monoisotopic (exact) mass is 265 g/mol. The predicted octanol–water partition coefficient (Wildman–Crippen LogP) is 1.96. The molecule has 1 aliphatic heterocycles. The van der Waals surface area contributed by atoms with Gasteiger partial charge in [0, 0.05) is 11.3 Å². The number of amides is 1. The second kappa shape index (κ2) is 5.36. The fourth-order valence-electron chi connectivity index (χ4n) is 2.72. The van der Waals surface area contributed by atoms with Gasteiger partial charge in [-0.15, -0.1) is 11.3 Å². The van der Waals surface area contributed by atoms with Crippen molar-refractivity contribution < 1.29 is 4.79 Å². The zero-order chi connectivity index (χ0) is 12.4. The van der Waals surface area contributed by atoms with E-state index in [1.165, 1.54) is 23.4 Å². The van der Waals surface area contributed by atoms with Crippen LogP contribution in [0.1, 0.15) is 36.3 Å². The summed E-state index contributed by atoms with van der Waals surface area (Å²) in [6.07, 6.45) is 6.25. The largest absolute Gasteiger partial charge is 0.316 e.